The maximum Gasteiger partial charge on any atom is 0.319 e. The summed E-state index contributed by atoms with van der Waals surface area (Å²) in [5.74, 6) is 2.24. The molecule has 4 heterocycles. The van der Waals surface area contributed by atoms with Gasteiger partial charge in [-0.15, -0.1) is 22.7 Å². The molecule has 0 amide bonds. The van der Waals surface area contributed by atoms with Crippen molar-refractivity contribution in [2.75, 3.05) is 69.8 Å². The Morgan fingerprint density at radius 2 is 0.824 bits per heavy atom. The summed E-state index contributed by atoms with van der Waals surface area (Å²) < 4.78 is 34.1. The Morgan fingerprint density at radius 3 is 1.16 bits per heavy atom. The van der Waals surface area contributed by atoms with E-state index in [1.807, 2.05) is 195 Å². The summed E-state index contributed by atoms with van der Waals surface area (Å²) in [7, 11) is 1.11. The molecule has 0 fully saturated rings. The number of aromatic hydroxyl groups is 1. The third-order valence-corrected chi connectivity index (χ3v) is 30.5. The number of quaternary nitrogens is 1. The van der Waals surface area contributed by atoms with Gasteiger partial charge in [-0.3, -0.25) is 0 Å². The SMILES string of the molecule is CCCC[N+](CCCC)(CCCC)CCCC.[C-]#[N+]C1=C(/C=C/c2ccc(/C=C/c3ccc(N(C)CCC)cc3OCc3ccccc3)s2)C(C)(c2ccc(O[Si](c3ccccc3)(c3ccccc3)C(C)(C)C)cc2)OC1=C(C#N)C#N.[C-]#[N+]C1=C(/C=C/c2ccc(/C=C/c3ccc(N(C)CCO)cc3OCc3ccccc3)s2)C(C)(c2ccc(O)cc2)OC1=C(C#N)C#N.[F-]. The molecule has 0 bridgehead atoms. The number of anilines is 2. The number of allylic oxidation sites excluding steroid dienone is 2. The number of hydrogen-bond acceptors (Lipinski definition) is 15. The highest BCUT2D eigenvalue weighted by atomic mass is 32.1. The number of rotatable bonds is 38. The summed E-state index contributed by atoms with van der Waals surface area (Å²) in [5.41, 5.74) is 5.81. The molecule has 0 spiro atoms. The van der Waals surface area contributed by atoms with Crippen LogP contribution in [0.1, 0.15) is 180 Å². The van der Waals surface area contributed by atoms with Crippen molar-refractivity contribution in [3.8, 4) is 47.3 Å². The molecular formula is C111H120FN9O7S2Si. The average Bonchev–Trinajstić information content (AvgIpc) is 1.44. The van der Waals surface area contributed by atoms with Crippen molar-refractivity contribution in [2.24, 2.45) is 0 Å². The second-order valence-electron chi connectivity index (χ2n) is 33.7. The van der Waals surface area contributed by atoms with E-state index in [1.54, 1.807) is 47.8 Å². The van der Waals surface area contributed by atoms with E-state index in [1.165, 1.54) is 94.2 Å². The van der Waals surface area contributed by atoms with Gasteiger partial charge in [0.15, 0.2) is 22.7 Å². The molecule has 131 heavy (non-hydrogen) atoms. The van der Waals surface area contributed by atoms with Crippen LogP contribution in [0.2, 0.25) is 5.04 Å². The van der Waals surface area contributed by atoms with Gasteiger partial charge in [0, 0.05) is 92.5 Å². The smallest absolute Gasteiger partial charge is 0.319 e. The second-order valence-corrected chi connectivity index (χ2v) is 40.2. The predicted molar refractivity (Wildman–Crippen MR) is 536 cm³/mol. The van der Waals surface area contributed by atoms with Crippen LogP contribution in [0.25, 0.3) is 46.1 Å². The van der Waals surface area contributed by atoms with E-state index in [2.05, 4.69) is 174 Å². The minimum absolute atomic E-state index is 0. The van der Waals surface area contributed by atoms with Gasteiger partial charge in [-0.2, -0.15) is 21.0 Å². The number of ether oxygens (including phenoxy) is 4. The first-order valence-corrected chi connectivity index (χ1v) is 48.4. The Morgan fingerprint density at radius 1 is 0.473 bits per heavy atom. The van der Waals surface area contributed by atoms with Gasteiger partial charge in [0.1, 0.15) is 71.7 Å². The first-order valence-electron chi connectivity index (χ1n) is 44.8. The Bertz CT molecular complexity index is 5860. The highest BCUT2D eigenvalue weighted by Crippen LogP contribution is 2.51. The summed E-state index contributed by atoms with van der Waals surface area (Å²) >= 11 is 3.15. The van der Waals surface area contributed by atoms with Gasteiger partial charge < -0.3 is 52.6 Å². The third kappa shape index (κ3) is 26.0. The number of thiophene rings is 2. The lowest BCUT2D eigenvalue weighted by Crippen LogP contribution is -3.00. The molecule has 16 nitrogen and oxygen atoms in total. The lowest BCUT2D eigenvalue weighted by Gasteiger charge is -2.43. The van der Waals surface area contributed by atoms with Crippen LogP contribution in [-0.2, 0) is 33.9 Å². The number of phenolic OH excluding ortho intramolecular Hbond substituents is 1. The van der Waals surface area contributed by atoms with Crippen molar-refractivity contribution in [3.05, 3.63) is 364 Å². The molecular weight excluding hydrogens is 1680 g/mol. The highest BCUT2D eigenvalue weighted by molar-refractivity contribution is 7.14. The van der Waals surface area contributed by atoms with Crippen LogP contribution in [0.15, 0.2) is 288 Å². The summed E-state index contributed by atoms with van der Waals surface area (Å²) in [6.45, 7) is 46.1. The summed E-state index contributed by atoms with van der Waals surface area (Å²) in [6.07, 6.45) is 27.8. The van der Waals surface area contributed by atoms with E-state index >= 15 is 0 Å². The van der Waals surface area contributed by atoms with E-state index in [0.717, 1.165) is 93.5 Å². The molecule has 0 saturated carbocycles. The molecule has 2 unspecified atom stereocenters. The Hall–Kier alpha value is -13.5. The maximum absolute atomic E-state index is 9.95. The zero-order valence-electron chi connectivity index (χ0n) is 77.4. The number of likely N-dealkylation sites (N-methyl/N-ethyl adjacent to an activating group) is 1. The Kier molecular flexibility index (Phi) is 38.1. The van der Waals surface area contributed by atoms with Gasteiger partial charge in [0.25, 0.3) is 0 Å². The van der Waals surface area contributed by atoms with E-state index in [4.69, 9.17) is 36.5 Å². The van der Waals surface area contributed by atoms with Crippen LogP contribution in [0.5, 0.6) is 23.0 Å². The summed E-state index contributed by atoms with van der Waals surface area (Å²) in [4.78, 5) is 15.6. The van der Waals surface area contributed by atoms with Crippen molar-refractivity contribution in [3.63, 3.8) is 0 Å². The Labute approximate surface area is 784 Å². The minimum Gasteiger partial charge on any atom is -1.00 e. The lowest BCUT2D eigenvalue weighted by molar-refractivity contribution is -0.929. The van der Waals surface area contributed by atoms with Crippen LogP contribution >= 0.6 is 22.7 Å². The number of phenols is 1. The fraction of sp³-hybridized carbons (Fsp3) is 0.297. The summed E-state index contributed by atoms with van der Waals surface area (Å²) in [5, 5.41) is 60.3. The first kappa shape index (κ1) is 101. The molecule has 2 aliphatic rings. The topological polar surface area (TPSA) is 197 Å². The number of benzene rings is 8. The minimum atomic E-state index is -2.91. The van der Waals surface area contributed by atoms with E-state index < -0.39 is 19.5 Å². The fourth-order valence-corrected chi connectivity index (χ4v) is 22.2. The average molecular weight is 1800 g/mol. The van der Waals surface area contributed by atoms with E-state index in [0.29, 0.717) is 42.2 Å². The molecule has 2 N–H and O–H groups in total. The lowest BCUT2D eigenvalue weighted by atomic mass is 9.87. The van der Waals surface area contributed by atoms with Gasteiger partial charge in [-0.05, 0) is 193 Å². The monoisotopic (exact) mass is 1800 g/mol. The van der Waals surface area contributed by atoms with Crippen LogP contribution < -0.4 is 38.8 Å². The zero-order chi connectivity index (χ0) is 93.1. The van der Waals surface area contributed by atoms with Crippen molar-refractivity contribution in [1.29, 1.82) is 21.0 Å². The molecule has 0 radical (unpaired) electrons. The van der Waals surface area contributed by atoms with Crippen LogP contribution in [0, 0.1) is 58.5 Å². The van der Waals surface area contributed by atoms with Gasteiger partial charge in [-0.25, -0.2) is 9.69 Å². The standard InChI is InChI=1S/C56H52N4O3SSi.C39H32N4O4S.C16H36N.FH/c1-8-36-60(7)45-28-24-42(52(37-45)61-40-41-18-12-9-13-19-41)25-31-47-32-33-48(64-47)34-35-51-53(59-6)54(43(38-57)39-58)62-56(51,5)44-26-29-46(30-27-44)63-65(55(2,3)4,49-20-14-10-15-21-49)50-22-16-11-17-23-50;1-39(30-11-14-32(45)15-12-30)35(37(42-2)38(47-39)29(24-40)25-41)20-19-34-18-17-33(48-34)16-10-28-9-13-31(43(3)21-22-44)23-36(28)46-26-27-7-5-4-6-8-27;1-5-9-13-17(14-10-6-2,15-11-7-3)16-12-8-4;/h9-35,37H,8,36,40H2,1-5,7H3;4-20,23,44-45H,21-22,26H2,1,3H3;5-16H2,1-4H3;1H/q;;+1;/p-1/b31-25+,35-34+;16-10+,20-19+;;. The van der Waals surface area contributed by atoms with Crippen LogP contribution in [0.3, 0.4) is 0 Å². The summed E-state index contributed by atoms with van der Waals surface area (Å²) in [6, 6.07) is 83.2. The normalized spacial score (nSPS) is 14.7. The van der Waals surface area contributed by atoms with Crippen molar-refractivity contribution >= 4 is 89.2 Å². The number of halogens is 1. The number of aliphatic hydroxyl groups is 1. The number of hydrogen-bond donors (Lipinski definition) is 2. The molecule has 674 valence electrons. The first-order chi connectivity index (χ1) is 63.0. The largest absolute Gasteiger partial charge is 1.00 e. The molecule has 0 aliphatic carbocycles. The van der Waals surface area contributed by atoms with Gasteiger partial charge in [-0.1, -0.05) is 239 Å². The maximum atomic E-state index is 9.95. The Balaban J connectivity index is 0.000000256. The highest BCUT2D eigenvalue weighted by Gasteiger charge is 2.53. The molecule has 2 aromatic heterocycles. The predicted octanol–water partition coefficient (Wildman–Crippen LogP) is 22.8. The molecule has 0 saturated heterocycles. The van der Waals surface area contributed by atoms with Crippen molar-refractivity contribution in [2.45, 2.75) is 156 Å². The third-order valence-electron chi connectivity index (χ3n) is 23.5. The molecule has 10 aromatic rings. The van der Waals surface area contributed by atoms with Crippen molar-refractivity contribution in [1.82, 2.24) is 0 Å². The van der Waals surface area contributed by atoms with Crippen molar-refractivity contribution < 1.29 is 42.8 Å². The van der Waals surface area contributed by atoms with E-state index in [9.17, 15) is 31.3 Å². The number of nitriles is 4. The number of nitrogens with zero attached hydrogens (tertiary/aromatic N) is 9. The number of unbranched alkanes of at least 4 members (excludes halogenated alkanes) is 4. The van der Waals surface area contributed by atoms with Gasteiger partial charge in [0.2, 0.25) is 11.4 Å². The van der Waals surface area contributed by atoms with Crippen LogP contribution in [0.4, 0.5) is 11.4 Å². The van der Waals surface area contributed by atoms with E-state index in [-0.39, 0.29) is 56.2 Å². The molecule has 8 aromatic carbocycles. The fourth-order valence-electron chi connectivity index (χ4n) is 16.2. The van der Waals surface area contributed by atoms with Gasteiger partial charge in [0.05, 0.1) is 45.9 Å². The molecule has 12 rings (SSSR count). The zero-order valence-corrected chi connectivity index (χ0v) is 80.1. The van der Waals surface area contributed by atoms with Gasteiger partial charge >= 0.3 is 8.32 Å². The second kappa shape index (κ2) is 49.3. The number of aliphatic hydroxyl groups excluding tert-OH is 1. The quantitative estimate of drug-likeness (QED) is 0.0161. The molecule has 2 atom stereocenters. The molecule has 2 aliphatic heterocycles. The van der Waals surface area contributed by atoms with Crippen LogP contribution in [-0.4, -0.2) is 83.0 Å². The molecule has 20 heteroatoms.